The standard InChI is InChI=1S/C27H29N3O5S/c1-17(2)34-27(31)29-19-5-3-18(4-6-19)26-24(16-28)23-10-9-22(15-25(23)30(26)20-7-8-20)35-21-11-13-36(32,33)14-12-21/h3-6,9-10,15,17,20-21H,7-8,11-14H2,1-2H3,(H,29,31). The van der Waals surface area contributed by atoms with Crippen molar-refractivity contribution in [2.45, 2.75) is 57.8 Å². The molecule has 2 heterocycles. The van der Waals surface area contributed by atoms with Gasteiger partial charge in [-0.25, -0.2) is 13.2 Å². The number of fused-ring (bicyclic) bond motifs is 1. The van der Waals surface area contributed by atoms with Crippen molar-refractivity contribution in [2.24, 2.45) is 0 Å². The average molecular weight is 508 g/mol. The second-order valence-corrected chi connectivity index (χ2v) is 12.0. The zero-order valence-corrected chi connectivity index (χ0v) is 21.2. The lowest BCUT2D eigenvalue weighted by atomic mass is 10.1. The van der Waals surface area contributed by atoms with Crippen LogP contribution in [0.1, 0.15) is 51.1 Å². The van der Waals surface area contributed by atoms with Crippen LogP contribution >= 0.6 is 0 Å². The van der Waals surface area contributed by atoms with E-state index in [4.69, 9.17) is 9.47 Å². The Labute approximate surface area is 210 Å². The lowest BCUT2D eigenvalue weighted by Crippen LogP contribution is -2.30. The van der Waals surface area contributed by atoms with Crippen molar-refractivity contribution in [1.29, 1.82) is 5.26 Å². The predicted octanol–water partition coefficient (Wildman–Crippen LogP) is 5.43. The van der Waals surface area contributed by atoms with Crippen LogP contribution in [0.3, 0.4) is 0 Å². The number of nitrogens with one attached hydrogen (secondary N) is 1. The number of aromatic nitrogens is 1. The maximum Gasteiger partial charge on any atom is 0.411 e. The van der Waals surface area contributed by atoms with E-state index in [-0.39, 0.29) is 23.7 Å². The number of carbonyl (C=O) groups is 1. The molecule has 2 aliphatic rings. The lowest BCUT2D eigenvalue weighted by molar-refractivity contribution is 0.130. The smallest absolute Gasteiger partial charge is 0.411 e. The summed E-state index contributed by atoms with van der Waals surface area (Å²) in [6.07, 6.45) is 2.20. The third-order valence-electron chi connectivity index (χ3n) is 6.55. The van der Waals surface area contributed by atoms with Crippen LogP contribution in [0.25, 0.3) is 22.2 Å². The van der Waals surface area contributed by atoms with E-state index < -0.39 is 15.9 Å². The number of hydrogen-bond donors (Lipinski definition) is 1. The number of anilines is 1. The Balaban J connectivity index is 1.47. The maximum absolute atomic E-state index is 11.9. The van der Waals surface area contributed by atoms with Crippen LogP contribution in [0.2, 0.25) is 0 Å². The molecule has 8 nitrogen and oxygen atoms in total. The molecule has 9 heteroatoms. The summed E-state index contributed by atoms with van der Waals surface area (Å²) in [5.41, 5.74) is 3.90. The van der Waals surface area contributed by atoms with E-state index in [0.29, 0.717) is 35.9 Å². The summed E-state index contributed by atoms with van der Waals surface area (Å²) < 4.78 is 37.0. The van der Waals surface area contributed by atoms with Crippen LogP contribution in [-0.4, -0.2) is 42.8 Å². The second-order valence-electron chi connectivity index (χ2n) is 9.74. The van der Waals surface area contributed by atoms with Crippen molar-refractivity contribution in [3.63, 3.8) is 0 Å². The van der Waals surface area contributed by atoms with Crippen LogP contribution in [0, 0.1) is 11.3 Å². The number of nitrogens with zero attached hydrogens (tertiary/aromatic N) is 2. The Bertz CT molecular complexity index is 1430. The Hall–Kier alpha value is -3.51. The molecule has 2 fully saturated rings. The number of amides is 1. The molecule has 2 aromatic carbocycles. The first kappa shape index (κ1) is 24.2. The minimum atomic E-state index is -2.95. The van der Waals surface area contributed by atoms with Gasteiger partial charge in [-0.1, -0.05) is 12.1 Å². The van der Waals surface area contributed by atoms with E-state index in [1.54, 1.807) is 26.0 Å². The van der Waals surface area contributed by atoms with Crippen molar-refractivity contribution in [3.05, 3.63) is 48.0 Å². The Morgan fingerprint density at radius 2 is 1.78 bits per heavy atom. The number of carbonyl (C=O) groups excluding carboxylic acids is 1. The van der Waals surface area contributed by atoms with E-state index in [1.165, 1.54) is 0 Å². The van der Waals surface area contributed by atoms with Crippen LogP contribution < -0.4 is 10.1 Å². The molecule has 1 aromatic heterocycles. The molecule has 0 unspecified atom stereocenters. The molecule has 0 radical (unpaired) electrons. The minimum Gasteiger partial charge on any atom is -0.490 e. The van der Waals surface area contributed by atoms with Crippen molar-refractivity contribution in [1.82, 2.24) is 4.57 Å². The number of benzene rings is 2. The number of hydrogen-bond acceptors (Lipinski definition) is 6. The van der Waals surface area contributed by atoms with Crippen molar-refractivity contribution < 1.29 is 22.7 Å². The highest BCUT2D eigenvalue weighted by Crippen LogP contribution is 2.45. The summed E-state index contributed by atoms with van der Waals surface area (Å²) in [7, 11) is -2.95. The van der Waals surface area contributed by atoms with E-state index in [9.17, 15) is 18.5 Å². The summed E-state index contributed by atoms with van der Waals surface area (Å²) in [5, 5.41) is 13.7. The zero-order chi connectivity index (χ0) is 25.4. The molecule has 1 saturated heterocycles. The van der Waals surface area contributed by atoms with Gasteiger partial charge >= 0.3 is 6.09 Å². The fourth-order valence-electron chi connectivity index (χ4n) is 4.72. The van der Waals surface area contributed by atoms with E-state index >= 15 is 0 Å². The Morgan fingerprint density at radius 3 is 2.39 bits per heavy atom. The highest BCUT2D eigenvalue weighted by Gasteiger charge is 2.31. The SMILES string of the molecule is CC(C)OC(=O)Nc1ccc(-c2c(C#N)c3ccc(OC4CCS(=O)(=O)CC4)cc3n2C2CC2)cc1. The molecule has 188 valence electrons. The van der Waals surface area contributed by atoms with Crippen LogP contribution in [0.15, 0.2) is 42.5 Å². The van der Waals surface area contributed by atoms with Gasteiger partial charge in [-0.05, 0) is 69.4 Å². The van der Waals surface area contributed by atoms with Crippen molar-refractivity contribution in [2.75, 3.05) is 16.8 Å². The lowest BCUT2D eigenvalue weighted by Gasteiger charge is -2.23. The van der Waals surface area contributed by atoms with Gasteiger partial charge in [0, 0.05) is 23.2 Å². The Kier molecular flexibility index (Phi) is 6.39. The van der Waals surface area contributed by atoms with Gasteiger partial charge in [0.1, 0.15) is 17.9 Å². The molecule has 0 bridgehead atoms. The average Bonchev–Trinajstić information content (AvgIpc) is 3.61. The van der Waals surface area contributed by atoms with Gasteiger partial charge in [-0.3, -0.25) is 5.32 Å². The summed E-state index contributed by atoms with van der Waals surface area (Å²) in [4.78, 5) is 11.9. The predicted molar refractivity (Wildman–Crippen MR) is 138 cm³/mol. The third-order valence-corrected chi connectivity index (χ3v) is 8.27. The maximum atomic E-state index is 11.9. The topological polar surface area (TPSA) is 110 Å². The quantitative estimate of drug-likeness (QED) is 0.476. The monoisotopic (exact) mass is 507 g/mol. The fourth-order valence-corrected chi connectivity index (χ4v) is 6.17. The number of nitriles is 1. The van der Waals surface area contributed by atoms with Crippen LogP contribution in [0.5, 0.6) is 5.75 Å². The number of rotatable bonds is 6. The van der Waals surface area contributed by atoms with Gasteiger partial charge in [0.25, 0.3) is 0 Å². The number of sulfone groups is 1. The molecule has 0 atom stereocenters. The molecule has 1 aliphatic carbocycles. The van der Waals surface area contributed by atoms with Crippen molar-refractivity contribution in [3.8, 4) is 23.1 Å². The van der Waals surface area contributed by atoms with Gasteiger partial charge in [0.05, 0.1) is 34.4 Å². The second kappa shape index (κ2) is 9.51. The molecule has 1 aliphatic heterocycles. The normalized spacial score (nSPS) is 17.6. The fraction of sp³-hybridized carbons (Fsp3) is 0.407. The molecule has 3 aromatic rings. The highest BCUT2D eigenvalue weighted by atomic mass is 32.2. The first-order chi connectivity index (χ1) is 17.2. The minimum absolute atomic E-state index is 0.132. The third kappa shape index (κ3) is 5.05. The number of ether oxygens (including phenoxy) is 2. The summed E-state index contributed by atoms with van der Waals surface area (Å²) >= 11 is 0. The van der Waals surface area contributed by atoms with Gasteiger partial charge in [0.15, 0.2) is 9.84 Å². The summed E-state index contributed by atoms with van der Waals surface area (Å²) in [6.45, 7) is 3.58. The van der Waals surface area contributed by atoms with E-state index in [1.807, 2.05) is 30.3 Å². The van der Waals surface area contributed by atoms with Crippen LogP contribution in [0.4, 0.5) is 10.5 Å². The van der Waals surface area contributed by atoms with Gasteiger partial charge < -0.3 is 14.0 Å². The molecular formula is C27H29N3O5S. The van der Waals surface area contributed by atoms with Crippen molar-refractivity contribution >= 4 is 32.5 Å². The van der Waals surface area contributed by atoms with E-state index in [0.717, 1.165) is 35.0 Å². The summed E-state index contributed by atoms with van der Waals surface area (Å²) in [6, 6.07) is 15.9. The molecule has 1 amide bonds. The first-order valence-corrected chi connectivity index (χ1v) is 14.1. The highest BCUT2D eigenvalue weighted by molar-refractivity contribution is 7.91. The van der Waals surface area contributed by atoms with E-state index in [2.05, 4.69) is 16.0 Å². The zero-order valence-electron chi connectivity index (χ0n) is 20.4. The van der Waals surface area contributed by atoms with Gasteiger partial charge in [-0.2, -0.15) is 5.26 Å². The molecular weight excluding hydrogens is 478 g/mol. The van der Waals surface area contributed by atoms with Crippen LogP contribution in [-0.2, 0) is 14.6 Å². The van der Waals surface area contributed by atoms with Gasteiger partial charge in [0.2, 0.25) is 0 Å². The first-order valence-electron chi connectivity index (χ1n) is 12.3. The summed E-state index contributed by atoms with van der Waals surface area (Å²) in [5.74, 6) is 0.993. The molecule has 0 spiro atoms. The largest absolute Gasteiger partial charge is 0.490 e. The Morgan fingerprint density at radius 1 is 1.08 bits per heavy atom. The van der Waals surface area contributed by atoms with Gasteiger partial charge in [-0.15, -0.1) is 0 Å². The molecule has 1 N–H and O–H groups in total. The molecule has 5 rings (SSSR count). The molecule has 36 heavy (non-hydrogen) atoms. The molecule has 1 saturated carbocycles.